The number of nitrogens with zero attached hydrogens (tertiary/aromatic N) is 1. The minimum Gasteiger partial charge on any atom is -0.494 e. The van der Waals surface area contributed by atoms with Gasteiger partial charge in [-0.1, -0.05) is 30.3 Å². The first kappa shape index (κ1) is 25.8. The minimum absolute atomic E-state index is 0.153. The number of aliphatic carboxylic acids is 1. The fourth-order valence-corrected chi connectivity index (χ4v) is 4.73. The lowest BCUT2D eigenvalue weighted by Crippen LogP contribution is -2.49. The molecule has 3 aromatic carbocycles. The molecule has 0 amide bonds. The van der Waals surface area contributed by atoms with Crippen LogP contribution in [-0.4, -0.2) is 35.7 Å². The van der Waals surface area contributed by atoms with Gasteiger partial charge in [0.2, 0.25) is 0 Å². The summed E-state index contributed by atoms with van der Waals surface area (Å²) in [5.74, 6) is -1.19. The standard InChI is InChI=1S/C30H33F2NO3/c1-20-5-6-23(14-21(20)2)15-24(28-16-26(31)9-12-29(28)32)4-3-13-36-27-10-7-22(8-11-27)17-33-18-25(19-33)30(34)35/h5-12,14,16,24-25H,3-4,13,15,17-19H2,1-2H3,(H,34,35). The predicted molar refractivity (Wildman–Crippen MR) is 136 cm³/mol. The lowest BCUT2D eigenvalue weighted by Gasteiger charge is -2.36. The fourth-order valence-electron chi connectivity index (χ4n) is 4.73. The van der Waals surface area contributed by atoms with Crippen molar-refractivity contribution >= 4 is 5.97 Å². The molecule has 0 saturated carbocycles. The maximum Gasteiger partial charge on any atom is 0.309 e. The summed E-state index contributed by atoms with van der Waals surface area (Å²) in [6.45, 7) is 6.50. The van der Waals surface area contributed by atoms with Crippen molar-refractivity contribution in [3.8, 4) is 5.75 Å². The van der Waals surface area contributed by atoms with Gasteiger partial charge in [-0.05, 0) is 97.2 Å². The van der Waals surface area contributed by atoms with Crippen LogP contribution in [0.2, 0.25) is 0 Å². The molecule has 1 atom stereocenters. The number of carbonyl (C=O) groups is 1. The fraction of sp³-hybridized carbons (Fsp3) is 0.367. The number of benzene rings is 3. The monoisotopic (exact) mass is 493 g/mol. The smallest absolute Gasteiger partial charge is 0.309 e. The molecule has 6 heteroatoms. The highest BCUT2D eigenvalue weighted by atomic mass is 19.1. The molecule has 0 aliphatic carbocycles. The van der Waals surface area contributed by atoms with Crippen molar-refractivity contribution in [1.29, 1.82) is 0 Å². The molecule has 0 aromatic heterocycles. The lowest BCUT2D eigenvalue weighted by atomic mass is 9.87. The third kappa shape index (κ3) is 6.70. The van der Waals surface area contributed by atoms with E-state index in [-0.39, 0.29) is 17.7 Å². The average Bonchev–Trinajstić information content (AvgIpc) is 2.82. The van der Waals surface area contributed by atoms with Gasteiger partial charge in [0.1, 0.15) is 17.4 Å². The van der Waals surface area contributed by atoms with E-state index in [2.05, 4.69) is 36.9 Å². The first-order valence-electron chi connectivity index (χ1n) is 12.5. The number of hydrogen-bond donors (Lipinski definition) is 1. The second-order valence-corrected chi connectivity index (χ2v) is 9.85. The third-order valence-electron chi connectivity index (χ3n) is 7.05. The quantitative estimate of drug-likeness (QED) is 0.319. The van der Waals surface area contributed by atoms with Crippen molar-refractivity contribution in [3.05, 3.63) is 100 Å². The van der Waals surface area contributed by atoms with Crippen LogP contribution in [0.15, 0.2) is 60.7 Å². The van der Waals surface area contributed by atoms with Crippen molar-refractivity contribution in [2.75, 3.05) is 19.7 Å². The Kier molecular flexibility index (Phi) is 8.36. The van der Waals surface area contributed by atoms with Gasteiger partial charge in [-0.3, -0.25) is 9.69 Å². The molecule has 1 N–H and O–H groups in total. The average molecular weight is 494 g/mol. The Morgan fingerprint density at radius 3 is 2.42 bits per heavy atom. The van der Waals surface area contributed by atoms with Crippen molar-refractivity contribution in [2.45, 2.75) is 45.6 Å². The van der Waals surface area contributed by atoms with Crippen molar-refractivity contribution in [1.82, 2.24) is 4.90 Å². The number of halogens is 2. The zero-order valence-electron chi connectivity index (χ0n) is 20.8. The van der Waals surface area contributed by atoms with Crippen molar-refractivity contribution in [2.24, 2.45) is 5.92 Å². The van der Waals surface area contributed by atoms with Crippen LogP contribution in [0.1, 0.15) is 46.6 Å². The largest absolute Gasteiger partial charge is 0.494 e. The van der Waals surface area contributed by atoms with E-state index < -0.39 is 11.8 Å². The van der Waals surface area contributed by atoms with Crippen LogP contribution in [0, 0.1) is 31.4 Å². The van der Waals surface area contributed by atoms with E-state index in [4.69, 9.17) is 9.84 Å². The van der Waals surface area contributed by atoms with Crippen molar-refractivity contribution < 1.29 is 23.4 Å². The first-order chi connectivity index (χ1) is 17.3. The maximum atomic E-state index is 14.6. The molecule has 1 unspecified atom stereocenters. The summed E-state index contributed by atoms with van der Waals surface area (Å²) in [4.78, 5) is 13.0. The van der Waals surface area contributed by atoms with Crippen LogP contribution in [-0.2, 0) is 17.8 Å². The van der Waals surface area contributed by atoms with Crippen LogP contribution in [0.4, 0.5) is 8.78 Å². The van der Waals surface area contributed by atoms with Crippen LogP contribution < -0.4 is 4.74 Å². The number of aryl methyl sites for hydroxylation is 2. The Labute approximate surface area is 211 Å². The molecule has 1 saturated heterocycles. The highest BCUT2D eigenvalue weighted by molar-refractivity contribution is 5.71. The van der Waals surface area contributed by atoms with Gasteiger partial charge in [-0.15, -0.1) is 0 Å². The molecule has 3 aromatic rings. The SMILES string of the molecule is Cc1ccc(CC(CCCOc2ccc(CN3CC(C(=O)O)C3)cc2)c2cc(F)ccc2F)cc1C. The van der Waals surface area contributed by atoms with Crippen LogP contribution in [0.25, 0.3) is 0 Å². The second kappa shape index (κ2) is 11.7. The summed E-state index contributed by atoms with van der Waals surface area (Å²) in [5, 5.41) is 9.00. The number of likely N-dealkylation sites (tertiary alicyclic amines) is 1. The normalized spacial score (nSPS) is 14.9. The summed E-state index contributed by atoms with van der Waals surface area (Å²) < 4.78 is 34.5. The summed E-state index contributed by atoms with van der Waals surface area (Å²) in [7, 11) is 0. The van der Waals surface area contributed by atoms with E-state index in [0.717, 1.165) is 29.5 Å². The van der Waals surface area contributed by atoms with E-state index in [1.807, 2.05) is 24.3 Å². The number of ether oxygens (including phenoxy) is 1. The van der Waals surface area contributed by atoms with Gasteiger partial charge in [-0.25, -0.2) is 8.78 Å². The summed E-state index contributed by atoms with van der Waals surface area (Å²) >= 11 is 0. The lowest BCUT2D eigenvalue weighted by molar-refractivity contribution is -0.147. The summed E-state index contributed by atoms with van der Waals surface area (Å²) in [6.07, 6.45) is 2.01. The number of carboxylic acid groups (broad SMARTS) is 1. The molecular weight excluding hydrogens is 460 g/mol. The zero-order valence-corrected chi connectivity index (χ0v) is 20.8. The number of carboxylic acids is 1. The maximum absolute atomic E-state index is 14.6. The van der Waals surface area contributed by atoms with E-state index in [1.165, 1.54) is 23.3 Å². The molecule has 4 rings (SSSR count). The summed E-state index contributed by atoms with van der Waals surface area (Å²) in [6, 6.07) is 17.8. The Bertz CT molecular complexity index is 1190. The molecule has 1 fully saturated rings. The van der Waals surface area contributed by atoms with Crippen LogP contribution in [0.3, 0.4) is 0 Å². The van der Waals surface area contributed by atoms with Gasteiger partial charge in [0.15, 0.2) is 0 Å². The molecule has 1 heterocycles. The second-order valence-electron chi connectivity index (χ2n) is 9.85. The Morgan fingerprint density at radius 1 is 1.00 bits per heavy atom. The molecule has 1 aliphatic rings. The third-order valence-corrected chi connectivity index (χ3v) is 7.05. The Hall–Kier alpha value is -3.25. The summed E-state index contributed by atoms with van der Waals surface area (Å²) in [5.41, 5.74) is 5.03. The van der Waals surface area contributed by atoms with Gasteiger partial charge in [0.05, 0.1) is 12.5 Å². The minimum atomic E-state index is -0.730. The number of hydrogen-bond acceptors (Lipinski definition) is 3. The molecule has 36 heavy (non-hydrogen) atoms. The van der Waals surface area contributed by atoms with Crippen molar-refractivity contribution in [3.63, 3.8) is 0 Å². The van der Waals surface area contributed by atoms with Crippen LogP contribution >= 0.6 is 0 Å². The molecule has 190 valence electrons. The molecular formula is C30H33F2NO3. The van der Waals surface area contributed by atoms with E-state index in [0.29, 0.717) is 44.5 Å². The van der Waals surface area contributed by atoms with E-state index in [9.17, 15) is 13.6 Å². The topological polar surface area (TPSA) is 49.8 Å². The first-order valence-corrected chi connectivity index (χ1v) is 12.5. The highest BCUT2D eigenvalue weighted by Crippen LogP contribution is 2.30. The highest BCUT2D eigenvalue weighted by Gasteiger charge is 2.32. The van der Waals surface area contributed by atoms with Gasteiger partial charge in [-0.2, -0.15) is 0 Å². The van der Waals surface area contributed by atoms with Crippen LogP contribution in [0.5, 0.6) is 5.75 Å². The Balaban J connectivity index is 1.31. The predicted octanol–water partition coefficient (Wildman–Crippen LogP) is 6.28. The van der Waals surface area contributed by atoms with E-state index >= 15 is 0 Å². The Morgan fingerprint density at radius 2 is 1.72 bits per heavy atom. The van der Waals surface area contributed by atoms with Gasteiger partial charge < -0.3 is 9.84 Å². The van der Waals surface area contributed by atoms with Gasteiger partial charge >= 0.3 is 5.97 Å². The van der Waals surface area contributed by atoms with Gasteiger partial charge in [0, 0.05) is 19.6 Å². The molecule has 1 aliphatic heterocycles. The molecule has 4 nitrogen and oxygen atoms in total. The zero-order chi connectivity index (χ0) is 25.7. The number of rotatable bonds is 11. The van der Waals surface area contributed by atoms with Gasteiger partial charge in [0.25, 0.3) is 0 Å². The molecule has 0 spiro atoms. The molecule has 0 radical (unpaired) electrons. The molecule has 0 bridgehead atoms. The van der Waals surface area contributed by atoms with E-state index in [1.54, 1.807) is 0 Å².